The molecule has 1 aliphatic rings. The molecular weight excluding hydrogens is 292 g/mol. The largest absolute Gasteiger partial charge is 0.337 e. The summed E-state index contributed by atoms with van der Waals surface area (Å²) in [5, 5.41) is 0. The highest BCUT2D eigenvalue weighted by molar-refractivity contribution is 9.10. The van der Waals surface area contributed by atoms with Crippen molar-refractivity contribution in [2.45, 2.75) is 0 Å². The molecule has 1 aromatic rings. The van der Waals surface area contributed by atoms with Gasteiger partial charge in [0.25, 0.3) is 0 Å². The van der Waals surface area contributed by atoms with Crippen LogP contribution in [-0.4, -0.2) is 48.9 Å². The molecule has 0 atom stereocenters. The third-order valence-electron chi connectivity index (χ3n) is 3.13. The maximum Gasteiger partial charge on any atom is 0.246 e. The van der Waals surface area contributed by atoms with Crippen LogP contribution in [-0.2, 0) is 4.79 Å². The van der Waals surface area contributed by atoms with Crippen LogP contribution >= 0.6 is 15.9 Å². The minimum absolute atomic E-state index is 0.0962. The van der Waals surface area contributed by atoms with E-state index in [1.165, 1.54) is 0 Å². The molecule has 0 unspecified atom stereocenters. The molecular formula is C14H17BrN2O. The van der Waals surface area contributed by atoms with Crippen molar-refractivity contribution >= 4 is 27.9 Å². The number of hydrogen-bond acceptors (Lipinski definition) is 2. The molecule has 1 heterocycles. The van der Waals surface area contributed by atoms with E-state index in [1.807, 2.05) is 35.2 Å². The molecule has 0 aromatic heterocycles. The smallest absolute Gasteiger partial charge is 0.246 e. The average molecular weight is 309 g/mol. The van der Waals surface area contributed by atoms with Gasteiger partial charge in [-0.25, -0.2) is 0 Å². The first-order chi connectivity index (χ1) is 8.66. The van der Waals surface area contributed by atoms with Crippen LogP contribution in [0.2, 0.25) is 0 Å². The second-order valence-corrected chi connectivity index (χ2v) is 5.34. The van der Waals surface area contributed by atoms with Crippen molar-refractivity contribution in [2.75, 3.05) is 33.2 Å². The van der Waals surface area contributed by atoms with Gasteiger partial charge >= 0.3 is 0 Å². The third kappa shape index (κ3) is 3.43. The predicted octanol–water partition coefficient (Wildman–Crippen LogP) is 2.24. The summed E-state index contributed by atoms with van der Waals surface area (Å²) in [6.07, 6.45) is 3.52. The lowest BCUT2D eigenvalue weighted by molar-refractivity contribution is -0.127. The topological polar surface area (TPSA) is 23.6 Å². The minimum atomic E-state index is 0.0962. The first kappa shape index (κ1) is 13.3. The molecule has 4 heteroatoms. The summed E-state index contributed by atoms with van der Waals surface area (Å²) < 4.78 is 1.01. The zero-order valence-electron chi connectivity index (χ0n) is 10.5. The number of likely N-dealkylation sites (N-methyl/N-ethyl adjacent to an activating group) is 1. The fourth-order valence-corrected chi connectivity index (χ4v) is 2.32. The van der Waals surface area contributed by atoms with Gasteiger partial charge in [-0.05, 0) is 24.8 Å². The van der Waals surface area contributed by atoms with Crippen LogP contribution in [0.5, 0.6) is 0 Å². The fourth-order valence-electron chi connectivity index (χ4n) is 1.90. The van der Waals surface area contributed by atoms with Gasteiger partial charge in [0.05, 0.1) is 0 Å². The van der Waals surface area contributed by atoms with Crippen molar-refractivity contribution in [3.8, 4) is 0 Å². The third-order valence-corrected chi connectivity index (χ3v) is 3.85. The highest BCUT2D eigenvalue weighted by Crippen LogP contribution is 2.17. The SMILES string of the molecule is CN1CCN(C(=O)/C=C/c2ccccc2Br)CC1. The average Bonchev–Trinajstić information content (AvgIpc) is 2.38. The van der Waals surface area contributed by atoms with E-state index < -0.39 is 0 Å². The van der Waals surface area contributed by atoms with Gasteiger partial charge in [0, 0.05) is 36.7 Å². The molecule has 3 nitrogen and oxygen atoms in total. The molecule has 0 spiro atoms. The maximum atomic E-state index is 12.0. The molecule has 1 saturated heterocycles. The van der Waals surface area contributed by atoms with E-state index >= 15 is 0 Å². The Balaban J connectivity index is 1.97. The summed E-state index contributed by atoms with van der Waals surface area (Å²) in [7, 11) is 2.08. The Kier molecular flexibility index (Phi) is 4.55. The maximum absolute atomic E-state index is 12.0. The Hall–Kier alpha value is -1.13. The number of carbonyl (C=O) groups is 1. The van der Waals surface area contributed by atoms with Gasteiger partial charge in [-0.3, -0.25) is 4.79 Å². The number of hydrogen-bond donors (Lipinski definition) is 0. The molecule has 1 amide bonds. The van der Waals surface area contributed by atoms with Crippen molar-refractivity contribution in [1.29, 1.82) is 0 Å². The van der Waals surface area contributed by atoms with Gasteiger partial charge in [0.15, 0.2) is 0 Å². The second kappa shape index (κ2) is 6.16. The minimum Gasteiger partial charge on any atom is -0.337 e. The lowest BCUT2D eigenvalue weighted by atomic mass is 10.2. The summed E-state index contributed by atoms with van der Waals surface area (Å²) in [5.74, 6) is 0.0962. The first-order valence-corrected chi connectivity index (χ1v) is 6.86. The molecule has 0 aliphatic carbocycles. The lowest BCUT2D eigenvalue weighted by Gasteiger charge is -2.31. The fraction of sp³-hybridized carbons (Fsp3) is 0.357. The van der Waals surface area contributed by atoms with Crippen molar-refractivity contribution in [3.63, 3.8) is 0 Å². The van der Waals surface area contributed by atoms with Gasteiger partial charge in [-0.2, -0.15) is 0 Å². The summed E-state index contributed by atoms with van der Waals surface area (Å²) in [6, 6.07) is 7.88. The van der Waals surface area contributed by atoms with E-state index in [-0.39, 0.29) is 5.91 Å². The predicted molar refractivity (Wildman–Crippen MR) is 77.3 cm³/mol. The number of halogens is 1. The Bertz CT molecular complexity index is 451. The van der Waals surface area contributed by atoms with Crippen LogP contribution in [0.25, 0.3) is 6.08 Å². The summed E-state index contributed by atoms with van der Waals surface area (Å²) in [4.78, 5) is 16.1. The van der Waals surface area contributed by atoms with Crippen LogP contribution in [0.4, 0.5) is 0 Å². The molecule has 0 N–H and O–H groups in total. The quantitative estimate of drug-likeness (QED) is 0.782. The van der Waals surface area contributed by atoms with Crippen molar-refractivity contribution in [2.24, 2.45) is 0 Å². The van der Waals surface area contributed by atoms with E-state index in [0.29, 0.717) is 0 Å². The number of piperazine rings is 1. The van der Waals surface area contributed by atoms with E-state index in [2.05, 4.69) is 27.9 Å². The number of carbonyl (C=O) groups excluding carboxylic acids is 1. The summed E-state index contributed by atoms with van der Waals surface area (Å²) >= 11 is 3.47. The summed E-state index contributed by atoms with van der Waals surface area (Å²) in [5.41, 5.74) is 1.03. The molecule has 1 aromatic carbocycles. The van der Waals surface area contributed by atoms with Crippen LogP contribution in [0, 0.1) is 0 Å². The Labute approximate surface area is 116 Å². The molecule has 96 valence electrons. The van der Waals surface area contributed by atoms with Crippen molar-refractivity contribution in [1.82, 2.24) is 9.80 Å². The Morgan fingerprint density at radius 3 is 2.56 bits per heavy atom. The standard InChI is InChI=1S/C14H17BrN2O/c1-16-8-10-17(11-9-16)14(18)7-6-12-4-2-3-5-13(12)15/h2-7H,8-11H2,1H3/b7-6+. The van der Waals surface area contributed by atoms with E-state index in [9.17, 15) is 4.79 Å². The monoisotopic (exact) mass is 308 g/mol. The number of rotatable bonds is 2. The summed E-state index contributed by atoms with van der Waals surface area (Å²) in [6.45, 7) is 3.54. The van der Waals surface area contributed by atoms with E-state index in [1.54, 1.807) is 6.08 Å². The van der Waals surface area contributed by atoms with E-state index in [4.69, 9.17) is 0 Å². The molecule has 0 saturated carbocycles. The zero-order valence-corrected chi connectivity index (χ0v) is 12.1. The number of nitrogens with zero attached hydrogens (tertiary/aromatic N) is 2. The van der Waals surface area contributed by atoms with Crippen LogP contribution in [0.1, 0.15) is 5.56 Å². The molecule has 18 heavy (non-hydrogen) atoms. The molecule has 0 bridgehead atoms. The van der Waals surface area contributed by atoms with Gasteiger partial charge in [-0.1, -0.05) is 34.1 Å². The second-order valence-electron chi connectivity index (χ2n) is 4.48. The van der Waals surface area contributed by atoms with Crippen LogP contribution < -0.4 is 0 Å². The number of amides is 1. The Morgan fingerprint density at radius 2 is 1.89 bits per heavy atom. The highest BCUT2D eigenvalue weighted by Gasteiger charge is 2.16. The number of benzene rings is 1. The van der Waals surface area contributed by atoms with Crippen molar-refractivity contribution in [3.05, 3.63) is 40.4 Å². The molecule has 1 fully saturated rings. The lowest BCUT2D eigenvalue weighted by Crippen LogP contribution is -2.46. The van der Waals surface area contributed by atoms with Gasteiger partial charge in [-0.15, -0.1) is 0 Å². The highest BCUT2D eigenvalue weighted by atomic mass is 79.9. The van der Waals surface area contributed by atoms with E-state index in [0.717, 1.165) is 36.2 Å². The molecule has 0 radical (unpaired) electrons. The zero-order chi connectivity index (χ0) is 13.0. The first-order valence-electron chi connectivity index (χ1n) is 6.07. The van der Waals surface area contributed by atoms with Gasteiger partial charge in [0.1, 0.15) is 0 Å². The van der Waals surface area contributed by atoms with Crippen LogP contribution in [0.3, 0.4) is 0 Å². The van der Waals surface area contributed by atoms with Gasteiger partial charge in [0.2, 0.25) is 5.91 Å². The molecule has 2 rings (SSSR count). The normalized spacial score (nSPS) is 17.3. The van der Waals surface area contributed by atoms with Gasteiger partial charge < -0.3 is 9.80 Å². The molecule has 1 aliphatic heterocycles. The van der Waals surface area contributed by atoms with Crippen LogP contribution in [0.15, 0.2) is 34.8 Å². The Morgan fingerprint density at radius 1 is 1.22 bits per heavy atom. The van der Waals surface area contributed by atoms with Crippen molar-refractivity contribution < 1.29 is 4.79 Å².